The van der Waals surface area contributed by atoms with Crippen molar-refractivity contribution in [1.82, 2.24) is 4.90 Å². The standard InChI is InChI=1S/C24H29NO5/c1-24(2,3)30-21(26)15-25-13-12-18-14-19(29-16-17-8-6-5-7-9-17)10-11-20(18)22(25)23(27)28-4/h5-11,14,22H,12-13,15-16H2,1-4H3. The Morgan fingerprint density at radius 1 is 1.10 bits per heavy atom. The van der Waals surface area contributed by atoms with Crippen LogP contribution >= 0.6 is 0 Å². The Labute approximate surface area is 177 Å². The predicted molar refractivity (Wildman–Crippen MR) is 113 cm³/mol. The van der Waals surface area contributed by atoms with E-state index in [0.29, 0.717) is 19.6 Å². The normalized spacial score (nSPS) is 16.5. The molecule has 1 unspecified atom stereocenters. The molecule has 1 aliphatic heterocycles. The third-order valence-corrected chi connectivity index (χ3v) is 4.87. The molecule has 6 heteroatoms. The molecular weight excluding hydrogens is 382 g/mol. The molecule has 0 radical (unpaired) electrons. The van der Waals surface area contributed by atoms with Crippen LogP contribution in [0.1, 0.15) is 43.5 Å². The van der Waals surface area contributed by atoms with Gasteiger partial charge in [-0.3, -0.25) is 9.69 Å². The molecule has 0 spiro atoms. The fraction of sp³-hybridized carbons (Fsp3) is 0.417. The maximum atomic E-state index is 12.6. The lowest BCUT2D eigenvalue weighted by molar-refractivity contribution is -0.159. The molecule has 6 nitrogen and oxygen atoms in total. The lowest BCUT2D eigenvalue weighted by Gasteiger charge is -2.35. The fourth-order valence-corrected chi connectivity index (χ4v) is 3.58. The van der Waals surface area contributed by atoms with Gasteiger partial charge in [-0.15, -0.1) is 0 Å². The molecule has 3 rings (SSSR count). The van der Waals surface area contributed by atoms with Gasteiger partial charge in [0.05, 0.1) is 13.7 Å². The van der Waals surface area contributed by atoms with Gasteiger partial charge in [0.15, 0.2) is 0 Å². The third kappa shape index (κ3) is 5.60. The first kappa shape index (κ1) is 21.8. The number of methoxy groups -OCH3 is 1. The van der Waals surface area contributed by atoms with E-state index in [2.05, 4.69) is 0 Å². The summed E-state index contributed by atoms with van der Waals surface area (Å²) in [5.41, 5.74) is 2.38. The summed E-state index contributed by atoms with van der Waals surface area (Å²) >= 11 is 0. The molecule has 1 atom stereocenters. The van der Waals surface area contributed by atoms with Gasteiger partial charge < -0.3 is 14.2 Å². The number of benzene rings is 2. The minimum atomic E-state index is -0.644. The molecule has 1 heterocycles. The topological polar surface area (TPSA) is 65.1 Å². The monoisotopic (exact) mass is 411 g/mol. The van der Waals surface area contributed by atoms with E-state index < -0.39 is 17.6 Å². The molecule has 0 bridgehead atoms. The van der Waals surface area contributed by atoms with Crippen molar-refractivity contribution in [1.29, 1.82) is 0 Å². The van der Waals surface area contributed by atoms with Gasteiger partial charge in [-0.05, 0) is 56.0 Å². The SMILES string of the molecule is COC(=O)C1c2ccc(OCc3ccccc3)cc2CCN1CC(=O)OC(C)(C)C. The predicted octanol–water partition coefficient (Wildman–Crippen LogP) is 3.68. The Hall–Kier alpha value is -2.86. The van der Waals surface area contributed by atoms with Crippen molar-refractivity contribution >= 4 is 11.9 Å². The minimum Gasteiger partial charge on any atom is -0.489 e. The smallest absolute Gasteiger partial charge is 0.327 e. The number of hydrogen-bond acceptors (Lipinski definition) is 6. The van der Waals surface area contributed by atoms with Gasteiger partial charge in [-0.2, -0.15) is 0 Å². The number of nitrogens with zero attached hydrogens (tertiary/aromatic N) is 1. The van der Waals surface area contributed by atoms with Gasteiger partial charge in [0, 0.05) is 6.54 Å². The van der Waals surface area contributed by atoms with Crippen LogP contribution in [0.2, 0.25) is 0 Å². The summed E-state index contributed by atoms with van der Waals surface area (Å²) in [7, 11) is 1.36. The number of fused-ring (bicyclic) bond motifs is 1. The Kier molecular flexibility index (Phi) is 6.77. The lowest BCUT2D eigenvalue weighted by Crippen LogP contribution is -2.44. The third-order valence-electron chi connectivity index (χ3n) is 4.87. The van der Waals surface area contributed by atoms with Crippen LogP contribution in [-0.2, 0) is 32.1 Å². The Bertz CT molecular complexity index is 888. The highest BCUT2D eigenvalue weighted by Crippen LogP contribution is 2.33. The van der Waals surface area contributed by atoms with Crippen LogP contribution in [0.5, 0.6) is 5.75 Å². The van der Waals surface area contributed by atoms with Crippen LogP contribution in [0.4, 0.5) is 0 Å². The molecule has 30 heavy (non-hydrogen) atoms. The van der Waals surface area contributed by atoms with E-state index in [1.807, 2.05) is 74.2 Å². The van der Waals surface area contributed by atoms with Crippen LogP contribution in [0.15, 0.2) is 48.5 Å². The first-order chi connectivity index (χ1) is 14.3. The Morgan fingerprint density at radius 2 is 1.83 bits per heavy atom. The minimum absolute atomic E-state index is 0.0305. The molecule has 1 aliphatic rings. The van der Waals surface area contributed by atoms with E-state index in [-0.39, 0.29) is 12.5 Å². The van der Waals surface area contributed by atoms with Crippen molar-refractivity contribution in [2.45, 2.75) is 45.4 Å². The largest absolute Gasteiger partial charge is 0.489 e. The molecule has 0 aliphatic carbocycles. The van der Waals surface area contributed by atoms with E-state index in [9.17, 15) is 9.59 Å². The molecule has 0 saturated carbocycles. The zero-order valence-corrected chi connectivity index (χ0v) is 18.0. The number of carbonyl (C=O) groups is 2. The average molecular weight is 411 g/mol. The van der Waals surface area contributed by atoms with Crippen LogP contribution in [-0.4, -0.2) is 42.6 Å². The molecule has 2 aromatic carbocycles. The first-order valence-corrected chi connectivity index (χ1v) is 10.1. The maximum Gasteiger partial charge on any atom is 0.327 e. The zero-order chi connectivity index (χ0) is 21.7. The maximum absolute atomic E-state index is 12.6. The second-order valence-electron chi connectivity index (χ2n) is 8.37. The summed E-state index contributed by atoms with van der Waals surface area (Å²) in [6.45, 7) is 6.53. The summed E-state index contributed by atoms with van der Waals surface area (Å²) in [6.07, 6.45) is 0.703. The Morgan fingerprint density at radius 3 is 2.50 bits per heavy atom. The number of carbonyl (C=O) groups excluding carboxylic acids is 2. The fourth-order valence-electron chi connectivity index (χ4n) is 3.58. The zero-order valence-electron chi connectivity index (χ0n) is 18.0. The number of hydrogen-bond donors (Lipinski definition) is 0. The summed E-state index contributed by atoms with van der Waals surface area (Å²) in [4.78, 5) is 26.7. The van der Waals surface area contributed by atoms with E-state index in [0.717, 1.165) is 22.4 Å². The van der Waals surface area contributed by atoms with Crippen LogP contribution < -0.4 is 4.74 Å². The molecule has 0 N–H and O–H groups in total. The van der Waals surface area contributed by atoms with Crippen molar-refractivity contribution in [3.05, 3.63) is 65.2 Å². The van der Waals surface area contributed by atoms with Gasteiger partial charge in [0.1, 0.15) is 24.0 Å². The van der Waals surface area contributed by atoms with Crippen molar-refractivity contribution in [2.75, 3.05) is 20.2 Å². The summed E-state index contributed by atoms with van der Waals surface area (Å²) in [6, 6.07) is 15.0. The van der Waals surface area contributed by atoms with Crippen molar-refractivity contribution < 1.29 is 23.8 Å². The van der Waals surface area contributed by atoms with E-state index >= 15 is 0 Å². The second kappa shape index (κ2) is 9.30. The summed E-state index contributed by atoms with van der Waals surface area (Å²) in [5, 5.41) is 0. The molecule has 0 aromatic heterocycles. The van der Waals surface area contributed by atoms with Crippen LogP contribution in [0, 0.1) is 0 Å². The van der Waals surface area contributed by atoms with E-state index in [1.54, 1.807) is 0 Å². The molecular formula is C24H29NO5. The van der Waals surface area contributed by atoms with Gasteiger partial charge in [-0.25, -0.2) is 4.79 Å². The van der Waals surface area contributed by atoms with Gasteiger partial charge in [-0.1, -0.05) is 36.4 Å². The first-order valence-electron chi connectivity index (χ1n) is 10.1. The lowest BCUT2D eigenvalue weighted by atomic mass is 9.92. The van der Waals surface area contributed by atoms with Crippen LogP contribution in [0.25, 0.3) is 0 Å². The highest BCUT2D eigenvalue weighted by atomic mass is 16.6. The number of rotatable bonds is 6. The molecule has 0 fully saturated rings. The summed E-state index contributed by atoms with van der Waals surface area (Å²) < 4.78 is 16.4. The van der Waals surface area contributed by atoms with Gasteiger partial charge in [0.2, 0.25) is 0 Å². The van der Waals surface area contributed by atoms with Crippen molar-refractivity contribution in [3.8, 4) is 5.75 Å². The average Bonchev–Trinajstić information content (AvgIpc) is 2.71. The number of ether oxygens (including phenoxy) is 3. The van der Waals surface area contributed by atoms with Gasteiger partial charge in [0.25, 0.3) is 0 Å². The quantitative estimate of drug-likeness (QED) is 0.676. The Balaban J connectivity index is 1.76. The molecule has 160 valence electrons. The second-order valence-corrected chi connectivity index (χ2v) is 8.37. The van der Waals surface area contributed by atoms with Crippen molar-refractivity contribution in [2.24, 2.45) is 0 Å². The highest BCUT2D eigenvalue weighted by Gasteiger charge is 2.36. The van der Waals surface area contributed by atoms with Crippen molar-refractivity contribution in [3.63, 3.8) is 0 Å². The van der Waals surface area contributed by atoms with Gasteiger partial charge >= 0.3 is 11.9 Å². The van der Waals surface area contributed by atoms with E-state index in [1.165, 1.54) is 7.11 Å². The van der Waals surface area contributed by atoms with E-state index in [4.69, 9.17) is 14.2 Å². The number of esters is 2. The molecule has 2 aromatic rings. The summed E-state index contributed by atoms with van der Waals surface area (Å²) in [5.74, 6) is 0.00180. The molecule has 0 saturated heterocycles. The molecule has 0 amide bonds. The highest BCUT2D eigenvalue weighted by molar-refractivity contribution is 5.80. The van der Waals surface area contributed by atoms with Crippen LogP contribution in [0.3, 0.4) is 0 Å².